The van der Waals surface area contributed by atoms with Crippen LogP contribution in [0.2, 0.25) is 5.02 Å². The molecular weight excluding hydrogens is 252 g/mol. The van der Waals surface area contributed by atoms with Crippen molar-refractivity contribution in [2.75, 3.05) is 12.0 Å². The molecule has 0 aliphatic rings. The van der Waals surface area contributed by atoms with Gasteiger partial charge in [-0.3, -0.25) is 0 Å². The van der Waals surface area contributed by atoms with E-state index < -0.39 is 0 Å². The number of nitrogens with one attached hydrogen (secondary N) is 1. The average Bonchev–Trinajstić information content (AvgIpc) is 2.88. The van der Waals surface area contributed by atoms with E-state index in [9.17, 15) is 0 Å². The standard InChI is InChI=1S/C12H13ClN4O/c1-2-5-18-12-4-3-11(13)6-10(12)7-16-17-8-14-15-9-17/h2-4,6,8-9,16H,1,5,7H2. The maximum Gasteiger partial charge on any atom is 0.138 e. The lowest BCUT2D eigenvalue weighted by atomic mass is 10.2. The predicted octanol–water partition coefficient (Wildman–Crippen LogP) is 2.24. The van der Waals surface area contributed by atoms with Gasteiger partial charge in [-0.1, -0.05) is 24.3 Å². The molecule has 2 rings (SSSR count). The first-order valence-corrected chi connectivity index (χ1v) is 5.78. The third-order valence-electron chi connectivity index (χ3n) is 2.25. The Hall–Kier alpha value is -2.01. The van der Waals surface area contributed by atoms with E-state index >= 15 is 0 Å². The van der Waals surface area contributed by atoms with Crippen LogP contribution in [0.4, 0.5) is 0 Å². The lowest BCUT2D eigenvalue weighted by Crippen LogP contribution is -2.13. The molecule has 0 saturated heterocycles. The van der Waals surface area contributed by atoms with Crippen molar-refractivity contribution < 1.29 is 4.74 Å². The molecule has 0 aliphatic carbocycles. The molecule has 0 bridgehead atoms. The highest BCUT2D eigenvalue weighted by Gasteiger charge is 2.04. The molecule has 1 aromatic carbocycles. The number of aromatic nitrogens is 3. The van der Waals surface area contributed by atoms with E-state index in [1.165, 1.54) is 0 Å². The lowest BCUT2D eigenvalue weighted by Gasteiger charge is -2.12. The molecule has 6 heteroatoms. The third kappa shape index (κ3) is 3.24. The zero-order valence-corrected chi connectivity index (χ0v) is 10.5. The maximum absolute atomic E-state index is 5.98. The minimum absolute atomic E-state index is 0.460. The first kappa shape index (κ1) is 12.4. The van der Waals surface area contributed by atoms with Crippen LogP contribution in [0.15, 0.2) is 43.5 Å². The molecule has 1 heterocycles. The normalized spacial score (nSPS) is 10.1. The van der Waals surface area contributed by atoms with E-state index in [0.29, 0.717) is 18.2 Å². The van der Waals surface area contributed by atoms with Crippen LogP contribution in [0.1, 0.15) is 5.56 Å². The van der Waals surface area contributed by atoms with Crippen molar-refractivity contribution in [1.29, 1.82) is 0 Å². The second-order valence-corrected chi connectivity index (χ2v) is 3.99. The molecule has 0 amide bonds. The fourth-order valence-electron chi connectivity index (χ4n) is 1.43. The fourth-order valence-corrected chi connectivity index (χ4v) is 1.63. The summed E-state index contributed by atoms with van der Waals surface area (Å²) in [5.41, 5.74) is 4.07. The summed E-state index contributed by atoms with van der Waals surface area (Å²) in [7, 11) is 0. The van der Waals surface area contributed by atoms with Crippen molar-refractivity contribution in [3.8, 4) is 5.75 Å². The molecule has 18 heavy (non-hydrogen) atoms. The molecule has 1 aromatic heterocycles. The Bertz CT molecular complexity index is 513. The highest BCUT2D eigenvalue weighted by Crippen LogP contribution is 2.23. The van der Waals surface area contributed by atoms with E-state index in [1.54, 1.807) is 29.5 Å². The molecule has 0 unspecified atom stereocenters. The van der Waals surface area contributed by atoms with Gasteiger partial charge >= 0.3 is 0 Å². The Balaban J connectivity index is 2.08. The van der Waals surface area contributed by atoms with E-state index in [4.69, 9.17) is 16.3 Å². The smallest absolute Gasteiger partial charge is 0.138 e. The van der Waals surface area contributed by atoms with Gasteiger partial charge in [0, 0.05) is 10.6 Å². The summed E-state index contributed by atoms with van der Waals surface area (Å²) in [5.74, 6) is 0.778. The zero-order valence-electron chi connectivity index (χ0n) is 9.71. The molecule has 1 N–H and O–H groups in total. The SMILES string of the molecule is C=CCOc1ccc(Cl)cc1CNn1cnnc1. The molecule has 0 fully saturated rings. The largest absolute Gasteiger partial charge is 0.489 e. The molecule has 5 nitrogen and oxygen atoms in total. The first-order chi connectivity index (χ1) is 8.79. The second-order valence-electron chi connectivity index (χ2n) is 3.56. The summed E-state index contributed by atoms with van der Waals surface area (Å²) < 4.78 is 7.22. The Morgan fingerprint density at radius 3 is 2.89 bits per heavy atom. The summed E-state index contributed by atoms with van der Waals surface area (Å²) in [6, 6.07) is 5.49. The fraction of sp³-hybridized carbons (Fsp3) is 0.167. The van der Waals surface area contributed by atoms with E-state index in [2.05, 4.69) is 22.2 Å². The van der Waals surface area contributed by atoms with Gasteiger partial charge in [-0.15, -0.1) is 10.2 Å². The van der Waals surface area contributed by atoms with Gasteiger partial charge < -0.3 is 10.2 Å². The Labute approximate surface area is 110 Å². The number of hydrogen-bond donors (Lipinski definition) is 1. The molecule has 0 aliphatic heterocycles. The summed E-state index contributed by atoms with van der Waals surface area (Å²) in [5, 5.41) is 8.08. The quantitative estimate of drug-likeness (QED) is 0.813. The van der Waals surface area contributed by atoms with Crippen LogP contribution in [0.3, 0.4) is 0 Å². The van der Waals surface area contributed by atoms with Crippen LogP contribution in [-0.4, -0.2) is 21.5 Å². The third-order valence-corrected chi connectivity index (χ3v) is 2.49. The number of benzene rings is 1. The highest BCUT2D eigenvalue weighted by atomic mass is 35.5. The predicted molar refractivity (Wildman–Crippen MR) is 70.2 cm³/mol. The maximum atomic E-state index is 5.98. The van der Waals surface area contributed by atoms with Crippen LogP contribution in [-0.2, 0) is 6.54 Å². The van der Waals surface area contributed by atoms with Crippen molar-refractivity contribution in [2.45, 2.75) is 6.54 Å². The Morgan fingerprint density at radius 1 is 1.39 bits per heavy atom. The molecule has 0 spiro atoms. The van der Waals surface area contributed by atoms with Gasteiger partial charge in [0.1, 0.15) is 25.0 Å². The summed E-state index contributed by atoms with van der Waals surface area (Å²) >= 11 is 5.98. The topological polar surface area (TPSA) is 52.0 Å². The molecule has 0 saturated carbocycles. The van der Waals surface area contributed by atoms with E-state index in [1.807, 2.05) is 12.1 Å². The number of nitrogens with zero attached hydrogens (tertiary/aromatic N) is 3. The van der Waals surface area contributed by atoms with Gasteiger partial charge in [0.25, 0.3) is 0 Å². The number of ether oxygens (including phenoxy) is 1. The van der Waals surface area contributed by atoms with E-state index in [0.717, 1.165) is 11.3 Å². The molecular formula is C12H13ClN4O. The van der Waals surface area contributed by atoms with E-state index in [-0.39, 0.29) is 0 Å². The van der Waals surface area contributed by atoms with Crippen LogP contribution < -0.4 is 10.2 Å². The van der Waals surface area contributed by atoms with Gasteiger partial charge in [0.15, 0.2) is 0 Å². The second kappa shape index (κ2) is 6.07. The first-order valence-electron chi connectivity index (χ1n) is 5.40. The zero-order chi connectivity index (χ0) is 12.8. The van der Waals surface area contributed by atoms with Crippen molar-refractivity contribution in [3.05, 3.63) is 54.1 Å². The monoisotopic (exact) mass is 264 g/mol. The van der Waals surface area contributed by atoms with Crippen LogP contribution in [0.25, 0.3) is 0 Å². The lowest BCUT2D eigenvalue weighted by molar-refractivity contribution is 0.359. The van der Waals surface area contributed by atoms with Gasteiger partial charge in [-0.2, -0.15) is 0 Å². The number of hydrogen-bond acceptors (Lipinski definition) is 4. The Morgan fingerprint density at radius 2 is 2.17 bits per heavy atom. The van der Waals surface area contributed by atoms with Gasteiger partial charge in [-0.05, 0) is 18.2 Å². The van der Waals surface area contributed by atoms with Crippen LogP contribution in [0.5, 0.6) is 5.75 Å². The molecule has 94 valence electrons. The van der Waals surface area contributed by atoms with Crippen molar-refractivity contribution in [3.63, 3.8) is 0 Å². The summed E-state index contributed by atoms with van der Waals surface area (Å²) in [6.45, 7) is 4.64. The van der Waals surface area contributed by atoms with Crippen molar-refractivity contribution in [2.24, 2.45) is 0 Å². The highest BCUT2D eigenvalue weighted by molar-refractivity contribution is 6.30. The number of halogens is 1. The summed E-state index contributed by atoms with van der Waals surface area (Å²) in [4.78, 5) is 0. The molecule has 2 aromatic rings. The summed E-state index contributed by atoms with van der Waals surface area (Å²) in [6.07, 6.45) is 4.86. The van der Waals surface area contributed by atoms with Crippen molar-refractivity contribution in [1.82, 2.24) is 14.9 Å². The number of rotatable bonds is 6. The van der Waals surface area contributed by atoms with Gasteiger partial charge in [0.2, 0.25) is 0 Å². The van der Waals surface area contributed by atoms with Crippen molar-refractivity contribution >= 4 is 11.6 Å². The molecule has 0 radical (unpaired) electrons. The van der Waals surface area contributed by atoms with Gasteiger partial charge in [0.05, 0.1) is 6.54 Å². The minimum Gasteiger partial charge on any atom is -0.489 e. The average molecular weight is 265 g/mol. The van der Waals surface area contributed by atoms with Gasteiger partial charge in [-0.25, -0.2) is 4.68 Å². The Kier molecular flexibility index (Phi) is 4.20. The minimum atomic E-state index is 0.460. The van der Waals surface area contributed by atoms with Crippen LogP contribution >= 0.6 is 11.6 Å². The van der Waals surface area contributed by atoms with Crippen LogP contribution in [0, 0.1) is 0 Å². The molecule has 0 atom stereocenters.